The third-order valence-corrected chi connectivity index (χ3v) is 2.91. The lowest BCUT2D eigenvalue weighted by Gasteiger charge is -2.00. The fraction of sp³-hybridized carbons (Fsp3) is 0.125. The van der Waals surface area contributed by atoms with Crippen LogP contribution in [0.15, 0.2) is 12.4 Å². The molecule has 0 fully saturated rings. The first kappa shape index (κ1) is 9.08. The van der Waals surface area contributed by atoms with Crippen molar-refractivity contribution in [2.75, 3.05) is 7.11 Å². The minimum Gasteiger partial charge on any atom is -0.479 e. The number of aromatic amines is 1. The van der Waals surface area contributed by atoms with Gasteiger partial charge in [-0.25, -0.2) is 4.98 Å². The zero-order valence-corrected chi connectivity index (χ0v) is 9.68. The van der Waals surface area contributed by atoms with E-state index in [9.17, 15) is 0 Å². The highest BCUT2D eigenvalue weighted by Crippen LogP contribution is 2.31. The summed E-state index contributed by atoms with van der Waals surface area (Å²) in [5.74, 6) is 0.572. The molecule has 68 valence electrons. The van der Waals surface area contributed by atoms with Crippen molar-refractivity contribution < 1.29 is 4.74 Å². The van der Waals surface area contributed by atoms with Crippen molar-refractivity contribution in [1.29, 1.82) is 0 Å². The van der Waals surface area contributed by atoms with Crippen molar-refractivity contribution in [3.63, 3.8) is 0 Å². The standard InChI is InChI=1S/C8H6ClIN2O/c1-13-8-7-6(4(9)2-12-8)5(10)3-11-7/h2-3,11H,1H3. The first-order valence-corrected chi connectivity index (χ1v) is 5.04. The highest BCUT2D eigenvalue weighted by Gasteiger charge is 2.10. The van der Waals surface area contributed by atoms with E-state index in [0.29, 0.717) is 10.9 Å². The highest BCUT2D eigenvalue weighted by atomic mass is 127. The minimum atomic E-state index is 0.572. The molecule has 0 aromatic carbocycles. The van der Waals surface area contributed by atoms with E-state index in [4.69, 9.17) is 16.3 Å². The van der Waals surface area contributed by atoms with E-state index >= 15 is 0 Å². The molecule has 0 radical (unpaired) electrons. The van der Waals surface area contributed by atoms with Gasteiger partial charge in [0.15, 0.2) is 0 Å². The summed E-state index contributed by atoms with van der Waals surface area (Å²) in [6.07, 6.45) is 3.47. The van der Waals surface area contributed by atoms with E-state index in [-0.39, 0.29) is 0 Å². The summed E-state index contributed by atoms with van der Waals surface area (Å²) in [7, 11) is 1.59. The summed E-state index contributed by atoms with van der Waals surface area (Å²) < 4.78 is 6.16. The molecule has 0 amide bonds. The second-order valence-corrected chi connectivity index (χ2v) is 4.07. The molecule has 2 rings (SSSR count). The number of methoxy groups -OCH3 is 1. The summed E-state index contributed by atoms with van der Waals surface area (Å²) in [5.41, 5.74) is 0.847. The van der Waals surface area contributed by atoms with Gasteiger partial charge in [-0.1, -0.05) is 11.6 Å². The average Bonchev–Trinajstić information content (AvgIpc) is 2.50. The molecule has 0 atom stereocenters. The van der Waals surface area contributed by atoms with Crippen LogP contribution in [0.3, 0.4) is 0 Å². The predicted molar refractivity (Wildman–Crippen MR) is 60.4 cm³/mol. The molecule has 3 nitrogen and oxygen atoms in total. The lowest BCUT2D eigenvalue weighted by atomic mass is 10.3. The molecule has 1 N–H and O–H groups in total. The number of nitrogens with zero attached hydrogens (tertiary/aromatic N) is 1. The number of pyridine rings is 1. The number of fused-ring (bicyclic) bond motifs is 1. The van der Waals surface area contributed by atoms with Crippen LogP contribution in [0.4, 0.5) is 0 Å². The van der Waals surface area contributed by atoms with Gasteiger partial charge in [-0.15, -0.1) is 0 Å². The molecule has 0 saturated heterocycles. The Labute approximate surface area is 93.6 Å². The Morgan fingerprint density at radius 2 is 2.38 bits per heavy atom. The molecule has 13 heavy (non-hydrogen) atoms. The summed E-state index contributed by atoms with van der Waals surface area (Å²) >= 11 is 8.20. The predicted octanol–water partition coefficient (Wildman–Crippen LogP) is 2.83. The fourth-order valence-corrected chi connectivity index (χ4v) is 2.32. The van der Waals surface area contributed by atoms with Crippen molar-refractivity contribution in [1.82, 2.24) is 9.97 Å². The minimum absolute atomic E-state index is 0.572. The van der Waals surface area contributed by atoms with E-state index in [1.807, 2.05) is 6.20 Å². The zero-order chi connectivity index (χ0) is 9.42. The van der Waals surface area contributed by atoms with Crippen molar-refractivity contribution in [3.05, 3.63) is 21.0 Å². The molecular weight excluding hydrogens is 302 g/mol. The van der Waals surface area contributed by atoms with Gasteiger partial charge >= 0.3 is 0 Å². The van der Waals surface area contributed by atoms with Gasteiger partial charge in [0.1, 0.15) is 5.52 Å². The first-order chi connectivity index (χ1) is 6.24. The van der Waals surface area contributed by atoms with Crippen LogP contribution in [0.5, 0.6) is 5.88 Å². The maximum atomic E-state index is 5.99. The van der Waals surface area contributed by atoms with Crippen molar-refractivity contribution >= 4 is 45.1 Å². The average molecular weight is 309 g/mol. The smallest absolute Gasteiger partial charge is 0.238 e. The van der Waals surface area contributed by atoms with Crippen LogP contribution in [0, 0.1) is 3.57 Å². The quantitative estimate of drug-likeness (QED) is 0.823. The Balaban J connectivity index is 2.87. The lowest BCUT2D eigenvalue weighted by Crippen LogP contribution is -1.88. The molecule has 0 aliphatic heterocycles. The fourth-order valence-electron chi connectivity index (χ4n) is 1.20. The molecule has 0 spiro atoms. The molecule has 0 bridgehead atoms. The second-order valence-electron chi connectivity index (χ2n) is 2.50. The topological polar surface area (TPSA) is 37.9 Å². The van der Waals surface area contributed by atoms with Gasteiger partial charge in [0.05, 0.1) is 18.3 Å². The van der Waals surface area contributed by atoms with E-state index in [2.05, 4.69) is 32.6 Å². The summed E-state index contributed by atoms with van der Waals surface area (Å²) in [4.78, 5) is 7.12. The monoisotopic (exact) mass is 308 g/mol. The Bertz CT molecular complexity index is 455. The van der Waals surface area contributed by atoms with E-state index in [1.54, 1.807) is 13.3 Å². The summed E-state index contributed by atoms with van der Waals surface area (Å²) in [6.45, 7) is 0. The lowest BCUT2D eigenvalue weighted by molar-refractivity contribution is 0.402. The molecule has 0 aliphatic carbocycles. The zero-order valence-electron chi connectivity index (χ0n) is 6.77. The van der Waals surface area contributed by atoms with Crippen LogP contribution in [-0.4, -0.2) is 17.1 Å². The Hall–Kier alpha value is -0.490. The number of rotatable bonds is 1. The third kappa shape index (κ3) is 1.38. The van der Waals surface area contributed by atoms with E-state index in [1.165, 1.54) is 0 Å². The SMILES string of the molecule is COc1ncc(Cl)c2c(I)c[nH]c12. The number of nitrogens with one attached hydrogen (secondary N) is 1. The van der Waals surface area contributed by atoms with Gasteiger partial charge in [0, 0.05) is 15.2 Å². The van der Waals surface area contributed by atoms with Gasteiger partial charge < -0.3 is 9.72 Å². The maximum Gasteiger partial charge on any atom is 0.238 e. The molecule has 0 unspecified atom stereocenters. The van der Waals surface area contributed by atoms with E-state index in [0.717, 1.165) is 14.5 Å². The van der Waals surface area contributed by atoms with Gasteiger partial charge in [-0.05, 0) is 22.6 Å². The van der Waals surface area contributed by atoms with Crippen LogP contribution in [0.2, 0.25) is 5.02 Å². The second kappa shape index (κ2) is 3.34. The number of hydrogen-bond acceptors (Lipinski definition) is 2. The van der Waals surface area contributed by atoms with Crippen LogP contribution < -0.4 is 4.74 Å². The van der Waals surface area contributed by atoms with E-state index < -0.39 is 0 Å². The van der Waals surface area contributed by atoms with Crippen molar-refractivity contribution in [2.24, 2.45) is 0 Å². The normalized spacial score (nSPS) is 10.7. The van der Waals surface area contributed by atoms with Crippen LogP contribution in [0.25, 0.3) is 10.9 Å². The van der Waals surface area contributed by atoms with Crippen LogP contribution >= 0.6 is 34.2 Å². The molecule has 5 heteroatoms. The number of ether oxygens (including phenoxy) is 1. The Morgan fingerprint density at radius 3 is 3.08 bits per heavy atom. The summed E-state index contributed by atoms with van der Waals surface area (Å²) in [6, 6.07) is 0. The molecule has 2 heterocycles. The van der Waals surface area contributed by atoms with Gasteiger partial charge in [0.25, 0.3) is 0 Å². The molecule has 2 aromatic rings. The molecule has 0 saturated carbocycles. The number of aromatic nitrogens is 2. The highest BCUT2D eigenvalue weighted by molar-refractivity contribution is 14.1. The first-order valence-electron chi connectivity index (χ1n) is 3.59. The van der Waals surface area contributed by atoms with Crippen LogP contribution in [0.1, 0.15) is 0 Å². The molecule has 2 aromatic heterocycles. The number of hydrogen-bond donors (Lipinski definition) is 1. The number of halogens is 2. The molecular formula is C8H6ClIN2O. The Morgan fingerprint density at radius 1 is 1.62 bits per heavy atom. The third-order valence-electron chi connectivity index (χ3n) is 1.77. The van der Waals surface area contributed by atoms with Crippen molar-refractivity contribution in [3.8, 4) is 5.88 Å². The van der Waals surface area contributed by atoms with Gasteiger partial charge in [0.2, 0.25) is 5.88 Å². The number of H-pyrrole nitrogens is 1. The van der Waals surface area contributed by atoms with Crippen molar-refractivity contribution in [2.45, 2.75) is 0 Å². The molecule has 0 aliphatic rings. The Kier molecular flexibility index (Phi) is 2.33. The van der Waals surface area contributed by atoms with Crippen LogP contribution in [-0.2, 0) is 0 Å². The van der Waals surface area contributed by atoms with Gasteiger partial charge in [-0.2, -0.15) is 0 Å². The summed E-state index contributed by atoms with van der Waals surface area (Å²) in [5, 5.41) is 1.61. The maximum absolute atomic E-state index is 5.99. The van der Waals surface area contributed by atoms with Gasteiger partial charge in [-0.3, -0.25) is 0 Å². The largest absolute Gasteiger partial charge is 0.479 e.